The van der Waals surface area contributed by atoms with Gasteiger partial charge < -0.3 is 15.2 Å². The standard InChI is InChI=1S/C10H20BrNO3/c1-4-10(14,5-2)7-12-6-8(11)9(13)15-3/h8,12,14H,4-7H2,1-3H3. The second kappa shape index (κ2) is 7.19. The van der Waals surface area contributed by atoms with Gasteiger partial charge in [-0.3, -0.25) is 4.79 Å². The number of hydrogen-bond acceptors (Lipinski definition) is 4. The second-order valence-corrected chi connectivity index (χ2v) is 4.66. The summed E-state index contributed by atoms with van der Waals surface area (Å²) in [4.78, 5) is 10.7. The molecule has 5 heteroatoms. The van der Waals surface area contributed by atoms with Gasteiger partial charge in [-0.2, -0.15) is 0 Å². The lowest BCUT2D eigenvalue weighted by Crippen LogP contribution is -2.42. The van der Waals surface area contributed by atoms with Gasteiger partial charge in [0.15, 0.2) is 0 Å². The molecule has 0 radical (unpaired) electrons. The van der Waals surface area contributed by atoms with Gasteiger partial charge in [-0.15, -0.1) is 0 Å². The van der Waals surface area contributed by atoms with Crippen LogP contribution in [0.15, 0.2) is 0 Å². The van der Waals surface area contributed by atoms with Crippen molar-refractivity contribution >= 4 is 21.9 Å². The monoisotopic (exact) mass is 281 g/mol. The molecule has 0 saturated carbocycles. The van der Waals surface area contributed by atoms with Crippen LogP contribution in [-0.2, 0) is 9.53 Å². The Morgan fingerprint density at radius 3 is 2.47 bits per heavy atom. The van der Waals surface area contributed by atoms with E-state index in [0.717, 1.165) is 0 Å². The van der Waals surface area contributed by atoms with Crippen LogP contribution in [0.3, 0.4) is 0 Å². The Balaban J connectivity index is 3.83. The van der Waals surface area contributed by atoms with E-state index in [1.54, 1.807) is 0 Å². The lowest BCUT2D eigenvalue weighted by Gasteiger charge is -2.25. The number of aliphatic hydroxyl groups is 1. The maximum atomic E-state index is 11.0. The highest BCUT2D eigenvalue weighted by Gasteiger charge is 2.22. The fourth-order valence-corrected chi connectivity index (χ4v) is 1.56. The summed E-state index contributed by atoms with van der Waals surface area (Å²) in [5.74, 6) is -0.306. The summed E-state index contributed by atoms with van der Waals surface area (Å²) in [7, 11) is 1.35. The number of ether oxygens (including phenoxy) is 1. The largest absolute Gasteiger partial charge is 0.468 e. The maximum Gasteiger partial charge on any atom is 0.320 e. The number of alkyl halides is 1. The van der Waals surface area contributed by atoms with Gasteiger partial charge in [0.25, 0.3) is 0 Å². The molecule has 0 fully saturated rings. The molecule has 2 N–H and O–H groups in total. The van der Waals surface area contributed by atoms with Crippen LogP contribution in [0.5, 0.6) is 0 Å². The SMILES string of the molecule is CCC(O)(CC)CNCC(Br)C(=O)OC. The first-order valence-electron chi connectivity index (χ1n) is 5.14. The molecule has 0 bridgehead atoms. The number of carbonyl (C=O) groups is 1. The van der Waals surface area contributed by atoms with Gasteiger partial charge in [-0.1, -0.05) is 29.8 Å². The minimum Gasteiger partial charge on any atom is -0.468 e. The van der Waals surface area contributed by atoms with Crippen LogP contribution < -0.4 is 5.32 Å². The van der Waals surface area contributed by atoms with Gasteiger partial charge in [0.1, 0.15) is 4.83 Å². The highest BCUT2D eigenvalue weighted by Crippen LogP contribution is 2.13. The number of esters is 1. The normalized spacial score (nSPS) is 13.7. The molecule has 4 nitrogen and oxygen atoms in total. The third-order valence-electron chi connectivity index (χ3n) is 2.55. The lowest BCUT2D eigenvalue weighted by atomic mass is 9.98. The van der Waals surface area contributed by atoms with E-state index in [1.165, 1.54) is 7.11 Å². The van der Waals surface area contributed by atoms with Gasteiger partial charge in [0.2, 0.25) is 0 Å². The molecule has 0 spiro atoms. The Kier molecular flexibility index (Phi) is 7.13. The number of nitrogens with one attached hydrogen (secondary N) is 1. The van der Waals surface area contributed by atoms with E-state index in [9.17, 15) is 9.90 Å². The summed E-state index contributed by atoms with van der Waals surface area (Å²) in [6, 6.07) is 0. The van der Waals surface area contributed by atoms with Crippen molar-refractivity contribution in [2.24, 2.45) is 0 Å². The predicted octanol–water partition coefficient (Wildman–Crippen LogP) is 1.06. The summed E-state index contributed by atoms with van der Waals surface area (Å²) in [5.41, 5.74) is -0.678. The van der Waals surface area contributed by atoms with Crippen molar-refractivity contribution in [1.29, 1.82) is 0 Å². The Morgan fingerprint density at radius 2 is 2.07 bits per heavy atom. The van der Waals surface area contributed by atoms with Crippen molar-refractivity contribution in [2.75, 3.05) is 20.2 Å². The first-order chi connectivity index (χ1) is 6.99. The molecule has 0 amide bonds. The van der Waals surface area contributed by atoms with Gasteiger partial charge in [-0.05, 0) is 12.8 Å². The van der Waals surface area contributed by atoms with E-state index in [1.807, 2.05) is 13.8 Å². The van der Waals surface area contributed by atoms with Crippen LogP contribution >= 0.6 is 15.9 Å². The molecule has 0 aromatic rings. The van der Waals surface area contributed by atoms with Crippen LogP contribution in [0, 0.1) is 0 Å². The van der Waals surface area contributed by atoms with E-state index in [-0.39, 0.29) is 10.8 Å². The molecule has 0 aliphatic carbocycles. The molecule has 90 valence electrons. The predicted molar refractivity (Wildman–Crippen MR) is 63.1 cm³/mol. The van der Waals surface area contributed by atoms with E-state index in [4.69, 9.17) is 0 Å². The van der Waals surface area contributed by atoms with Crippen LogP contribution in [0.2, 0.25) is 0 Å². The molecule has 0 aliphatic rings. The number of carbonyl (C=O) groups excluding carboxylic acids is 1. The Bertz CT molecular complexity index is 195. The van der Waals surface area contributed by atoms with Crippen molar-refractivity contribution in [3.8, 4) is 0 Å². The first-order valence-corrected chi connectivity index (χ1v) is 6.05. The minimum atomic E-state index is -0.678. The number of methoxy groups -OCH3 is 1. The smallest absolute Gasteiger partial charge is 0.320 e. The van der Waals surface area contributed by atoms with Crippen molar-refractivity contribution < 1.29 is 14.6 Å². The summed E-state index contributed by atoms with van der Waals surface area (Å²) in [6.45, 7) is 4.82. The molecule has 0 heterocycles. The molecular weight excluding hydrogens is 262 g/mol. The molecule has 0 saturated heterocycles. The highest BCUT2D eigenvalue weighted by molar-refractivity contribution is 9.10. The Hall–Kier alpha value is -0.130. The highest BCUT2D eigenvalue weighted by atomic mass is 79.9. The van der Waals surface area contributed by atoms with Crippen LogP contribution in [0.4, 0.5) is 0 Å². The third-order valence-corrected chi connectivity index (χ3v) is 3.25. The number of rotatable bonds is 7. The van der Waals surface area contributed by atoms with Gasteiger partial charge >= 0.3 is 5.97 Å². The van der Waals surface area contributed by atoms with E-state index in [2.05, 4.69) is 26.0 Å². The fraction of sp³-hybridized carbons (Fsp3) is 0.900. The zero-order valence-electron chi connectivity index (χ0n) is 9.55. The molecule has 0 rings (SSSR count). The zero-order valence-corrected chi connectivity index (χ0v) is 11.1. The summed E-state index contributed by atoms with van der Waals surface area (Å²) in [5, 5.41) is 13.0. The van der Waals surface area contributed by atoms with Crippen molar-refractivity contribution in [3.05, 3.63) is 0 Å². The van der Waals surface area contributed by atoms with Crippen LogP contribution in [0.1, 0.15) is 26.7 Å². The zero-order chi connectivity index (χ0) is 11.9. The van der Waals surface area contributed by atoms with Crippen molar-refractivity contribution in [1.82, 2.24) is 5.32 Å². The number of halogens is 1. The molecule has 0 aromatic carbocycles. The topological polar surface area (TPSA) is 58.6 Å². The average Bonchev–Trinajstić information content (AvgIpc) is 2.27. The maximum absolute atomic E-state index is 11.0. The molecule has 1 atom stereocenters. The molecular formula is C10H20BrNO3. The lowest BCUT2D eigenvalue weighted by molar-refractivity contribution is -0.139. The molecule has 15 heavy (non-hydrogen) atoms. The van der Waals surface area contributed by atoms with E-state index >= 15 is 0 Å². The van der Waals surface area contributed by atoms with Crippen molar-refractivity contribution in [3.63, 3.8) is 0 Å². The minimum absolute atomic E-state index is 0.306. The van der Waals surface area contributed by atoms with E-state index < -0.39 is 5.60 Å². The van der Waals surface area contributed by atoms with Crippen molar-refractivity contribution in [2.45, 2.75) is 37.1 Å². The molecule has 1 unspecified atom stereocenters. The Labute approximate surface area is 99.5 Å². The average molecular weight is 282 g/mol. The second-order valence-electron chi connectivity index (χ2n) is 3.55. The first kappa shape index (κ1) is 14.9. The number of hydrogen-bond donors (Lipinski definition) is 2. The summed E-state index contributed by atoms with van der Waals surface area (Å²) in [6.07, 6.45) is 1.39. The van der Waals surface area contributed by atoms with Gasteiger partial charge in [0, 0.05) is 13.1 Å². The van der Waals surface area contributed by atoms with Gasteiger partial charge in [-0.25, -0.2) is 0 Å². The van der Waals surface area contributed by atoms with E-state index in [0.29, 0.717) is 25.9 Å². The van der Waals surface area contributed by atoms with Crippen LogP contribution in [0.25, 0.3) is 0 Å². The van der Waals surface area contributed by atoms with Gasteiger partial charge in [0.05, 0.1) is 12.7 Å². The summed E-state index contributed by atoms with van der Waals surface area (Å²) < 4.78 is 4.56. The molecule has 0 aliphatic heterocycles. The summed E-state index contributed by atoms with van der Waals surface area (Å²) >= 11 is 3.20. The fourth-order valence-electron chi connectivity index (χ4n) is 1.14. The van der Waals surface area contributed by atoms with Crippen LogP contribution in [-0.4, -0.2) is 41.7 Å². The Morgan fingerprint density at radius 1 is 1.53 bits per heavy atom. The third kappa shape index (κ3) is 5.49. The quantitative estimate of drug-likeness (QED) is 0.541. The molecule has 0 aromatic heterocycles.